The van der Waals surface area contributed by atoms with Crippen LogP contribution < -0.4 is 10.6 Å². The molecule has 0 saturated carbocycles. The normalized spacial score (nSPS) is 21.8. The van der Waals surface area contributed by atoms with Gasteiger partial charge in [-0.2, -0.15) is 11.8 Å². The number of aliphatic imine (C=N–C) groups is 1. The van der Waals surface area contributed by atoms with Crippen LogP contribution in [-0.4, -0.2) is 75.2 Å². The van der Waals surface area contributed by atoms with Crippen LogP contribution in [0.4, 0.5) is 0 Å². The molecule has 0 aromatic rings. The maximum absolute atomic E-state index is 11.8. The number of hydrogen-bond acceptors (Lipinski definition) is 4. The Kier molecular flexibility index (Phi) is 9.64. The van der Waals surface area contributed by atoms with Gasteiger partial charge in [0.05, 0.1) is 6.10 Å². The fourth-order valence-corrected chi connectivity index (χ4v) is 3.28. The Balaban J connectivity index is 2.65. The third-order valence-electron chi connectivity index (χ3n) is 4.30. The van der Waals surface area contributed by atoms with Crippen LogP contribution in [-0.2, 0) is 9.53 Å². The highest BCUT2D eigenvalue weighted by molar-refractivity contribution is 7.98. The Morgan fingerprint density at radius 2 is 2.04 bits per heavy atom. The van der Waals surface area contributed by atoms with Crippen molar-refractivity contribution in [1.82, 2.24) is 15.5 Å². The Labute approximate surface area is 157 Å². The summed E-state index contributed by atoms with van der Waals surface area (Å²) in [5, 5.41) is 6.74. The lowest BCUT2D eigenvalue weighted by atomic mass is 9.78. The van der Waals surface area contributed by atoms with E-state index in [4.69, 9.17) is 4.74 Å². The van der Waals surface area contributed by atoms with Gasteiger partial charge in [0, 0.05) is 45.5 Å². The Hall–Kier alpha value is -0.950. The van der Waals surface area contributed by atoms with Gasteiger partial charge in [-0.3, -0.25) is 4.79 Å². The van der Waals surface area contributed by atoms with Crippen molar-refractivity contribution in [3.63, 3.8) is 0 Å². The van der Waals surface area contributed by atoms with Gasteiger partial charge in [-0.05, 0) is 24.5 Å². The molecular formula is C18H36N4O2S. The number of carbonyl (C=O) groups is 1. The number of guanidine groups is 1. The van der Waals surface area contributed by atoms with E-state index in [-0.39, 0.29) is 24.0 Å². The second kappa shape index (κ2) is 10.9. The van der Waals surface area contributed by atoms with E-state index in [0.29, 0.717) is 11.9 Å². The zero-order valence-electron chi connectivity index (χ0n) is 16.7. The fourth-order valence-electron chi connectivity index (χ4n) is 2.97. The number of nitrogens with zero attached hydrogens (tertiary/aromatic N) is 2. The van der Waals surface area contributed by atoms with Gasteiger partial charge < -0.3 is 20.3 Å². The maximum Gasteiger partial charge on any atom is 0.243 e. The van der Waals surface area contributed by atoms with Crippen molar-refractivity contribution in [3.05, 3.63) is 0 Å². The molecule has 1 aliphatic heterocycles. The average molecular weight is 373 g/mol. The van der Waals surface area contributed by atoms with E-state index in [1.165, 1.54) is 0 Å². The van der Waals surface area contributed by atoms with Crippen molar-refractivity contribution in [2.45, 2.75) is 39.7 Å². The lowest BCUT2D eigenvalue weighted by Crippen LogP contribution is -2.48. The number of rotatable bonds is 7. The highest BCUT2D eigenvalue weighted by atomic mass is 32.2. The largest absolute Gasteiger partial charge is 0.377 e. The maximum atomic E-state index is 11.8. The van der Waals surface area contributed by atoms with Crippen LogP contribution in [0.5, 0.6) is 0 Å². The standard InChI is InChI=1S/C18H36N4O2S/c1-18(2,3)16-14(8-7-10-24-16)12-20-17(19-9-11-25-6)21-13-15(23)22(4)5/h14,16H,7-13H2,1-6H3,(H2,19,20,21). The van der Waals surface area contributed by atoms with Crippen LogP contribution in [0.25, 0.3) is 0 Å². The number of carbonyl (C=O) groups excluding carboxylic acids is 1. The van der Waals surface area contributed by atoms with Gasteiger partial charge in [-0.1, -0.05) is 20.8 Å². The Morgan fingerprint density at radius 3 is 2.64 bits per heavy atom. The molecular weight excluding hydrogens is 336 g/mol. The van der Waals surface area contributed by atoms with E-state index in [9.17, 15) is 4.79 Å². The zero-order valence-corrected chi connectivity index (χ0v) is 17.5. The fraction of sp³-hybridized carbons (Fsp3) is 0.889. The smallest absolute Gasteiger partial charge is 0.243 e. The minimum absolute atomic E-state index is 0.000431. The Bertz CT molecular complexity index is 435. The summed E-state index contributed by atoms with van der Waals surface area (Å²) in [5.74, 6) is 2.16. The molecule has 0 bridgehead atoms. The highest BCUT2D eigenvalue weighted by Crippen LogP contribution is 2.33. The molecule has 1 heterocycles. The van der Waals surface area contributed by atoms with Gasteiger partial charge in [0.25, 0.3) is 0 Å². The first-order valence-corrected chi connectivity index (χ1v) is 10.5. The van der Waals surface area contributed by atoms with Gasteiger partial charge in [0.15, 0.2) is 5.96 Å². The minimum Gasteiger partial charge on any atom is -0.377 e. The molecule has 25 heavy (non-hydrogen) atoms. The number of likely N-dealkylation sites (N-methyl/N-ethyl adjacent to an activating group) is 1. The van der Waals surface area contributed by atoms with E-state index in [1.54, 1.807) is 30.8 Å². The minimum atomic E-state index is -0.000431. The number of ether oxygens (including phenoxy) is 1. The molecule has 146 valence electrons. The van der Waals surface area contributed by atoms with Crippen molar-refractivity contribution in [1.29, 1.82) is 0 Å². The van der Waals surface area contributed by atoms with Crippen LogP contribution >= 0.6 is 11.8 Å². The second-order valence-electron chi connectivity index (χ2n) is 7.81. The first-order chi connectivity index (χ1) is 11.8. The second-order valence-corrected chi connectivity index (χ2v) is 8.80. The quantitative estimate of drug-likeness (QED) is 0.405. The number of nitrogens with one attached hydrogen (secondary N) is 2. The van der Waals surface area contributed by atoms with Gasteiger partial charge in [0.2, 0.25) is 5.91 Å². The highest BCUT2D eigenvalue weighted by Gasteiger charge is 2.35. The molecule has 1 fully saturated rings. The topological polar surface area (TPSA) is 66.0 Å². The van der Waals surface area contributed by atoms with Crippen molar-refractivity contribution < 1.29 is 9.53 Å². The van der Waals surface area contributed by atoms with E-state index in [0.717, 1.165) is 38.3 Å². The summed E-state index contributed by atoms with van der Waals surface area (Å²) in [6, 6.07) is 0. The molecule has 0 aromatic carbocycles. The van der Waals surface area contributed by atoms with Crippen LogP contribution in [0.1, 0.15) is 33.6 Å². The van der Waals surface area contributed by atoms with Gasteiger partial charge in [0.1, 0.15) is 6.54 Å². The van der Waals surface area contributed by atoms with Crippen LogP contribution in [0, 0.1) is 11.3 Å². The number of thioether (sulfide) groups is 1. The molecule has 2 unspecified atom stereocenters. The molecule has 0 radical (unpaired) electrons. The zero-order chi connectivity index (χ0) is 18.9. The lowest BCUT2D eigenvalue weighted by Gasteiger charge is -2.40. The van der Waals surface area contributed by atoms with Crippen LogP contribution in [0.2, 0.25) is 0 Å². The summed E-state index contributed by atoms with van der Waals surface area (Å²) in [7, 11) is 3.50. The van der Waals surface area contributed by atoms with Crippen molar-refractivity contribution in [2.24, 2.45) is 16.3 Å². The van der Waals surface area contributed by atoms with E-state index < -0.39 is 0 Å². The molecule has 1 aliphatic rings. The molecule has 2 atom stereocenters. The molecule has 1 rings (SSSR count). The summed E-state index contributed by atoms with van der Waals surface area (Å²) < 4.78 is 6.05. The van der Waals surface area contributed by atoms with Crippen molar-refractivity contribution >= 4 is 23.6 Å². The van der Waals surface area contributed by atoms with Crippen molar-refractivity contribution in [3.8, 4) is 0 Å². The van der Waals surface area contributed by atoms with Gasteiger partial charge >= 0.3 is 0 Å². The van der Waals surface area contributed by atoms with E-state index in [1.807, 2.05) is 0 Å². The third-order valence-corrected chi connectivity index (χ3v) is 4.91. The molecule has 1 saturated heterocycles. The predicted octanol–water partition coefficient (Wildman–Crippen LogP) is 1.81. The summed E-state index contributed by atoms with van der Waals surface area (Å²) in [6.07, 6.45) is 4.58. The summed E-state index contributed by atoms with van der Waals surface area (Å²) in [5.41, 5.74) is 0.122. The summed E-state index contributed by atoms with van der Waals surface area (Å²) in [4.78, 5) is 17.8. The first kappa shape index (κ1) is 22.1. The van der Waals surface area contributed by atoms with Gasteiger partial charge in [-0.25, -0.2) is 4.99 Å². The van der Waals surface area contributed by atoms with Gasteiger partial charge in [-0.15, -0.1) is 0 Å². The molecule has 2 N–H and O–H groups in total. The molecule has 0 aromatic heterocycles. The van der Waals surface area contributed by atoms with Crippen molar-refractivity contribution in [2.75, 3.05) is 52.3 Å². The number of hydrogen-bond donors (Lipinski definition) is 2. The van der Waals surface area contributed by atoms with E-state index >= 15 is 0 Å². The Morgan fingerprint density at radius 1 is 1.32 bits per heavy atom. The molecule has 7 heteroatoms. The molecule has 0 aliphatic carbocycles. The molecule has 0 spiro atoms. The average Bonchev–Trinajstić information content (AvgIpc) is 2.56. The van der Waals surface area contributed by atoms with Crippen LogP contribution in [0.15, 0.2) is 4.99 Å². The lowest BCUT2D eigenvalue weighted by molar-refractivity contribution is -0.127. The van der Waals surface area contributed by atoms with E-state index in [2.05, 4.69) is 42.7 Å². The molecule has 1 amide bonds. The monoisotopic (exact) mass is 372 g/mol. The first-order valence-electron chi connectivity index (χ1n) is 9.08. The summed E-state index contributed by atoms with van der Waals surface area (Å²) >= 11 is 1.78. The SMILES string of the molecule is CSCCNC(=NCC(=O)N(C)C)NCC1CCCOC1C(C)(C)C. The predicted molar refractivity (Wildman–Crippen MR) is 107 cm³/mol. The number of amides is 1. The van der Waals surface area contributed by atoms with Crippen LogP contribution in [0.3, 0.4) is 0 Å². The molecule has 6 nitrogen and oxygen atoms in total. The third kappa shape index (κ3) is 8.31. The summed E-state index contributed by atoms with van der Waals surface area (Å²) in [6.45, 7) is 9.34.